The van der Waals surface area contributed by atoms with Crippen LogP contribution in [0.4, 0.5) is 0 Å². The van der Waals surface area contributed by atoms with E-state index in [4.69, 9.17) is 18.6 Å². The van der Waals surface area contributed by atoms with Crippen LogP contribution < -0.4 is 9.47 Å². The van der Waals surface area contributed by atoms with Crippen LogP contribution in [0.3, 0.4) is 0 Å². The summed E-state index contributed by atoms with van der Waals surface area (Å²) in [6.45, 7) is 6.00. The van der Waals surface area contributed by atoms with Crippen molar-refractivity contribution in [1.82, 2.24) is 10.2 Å². The zero-order chi connectivity index (χ0) is 18.4. The Labute approximate surface area is 151 Å². The summed E-state index contributed by atoms with van der Waals surface area (Å²) in [4.78, 5) is 12.1. The molecule has 0 unspecified atom stereocenters. The molecule has 136 valence electrons. The fraction of sp³-hybridized carbons (Fsp3) is 0.471. The summed E-state index contributed by atoms with van der Waals surface area (Å²) < 4.78 is 21.3. The van der Waals surface area contributed by atoms with Crippen LogP contribution in [0.1, 0.15) is 20.8 Å². The second kappa shape index (κ2) is 8.75. The van der Waals surface area contributed by atoms with E-state index in [-0.39, 0.29) is 11.9 Å². The molecule has 25 heavy (non-hydrogen) atoms. The van der Waals surface area contributed by atoms with Crippen LogP contribution in [-0.2, 0) is 9.53 Å². The second-order valence-corrected chi connectivity index (χ2v) is 6.60. The van der Waals surface area contributed by atoms with E-state index in [0.29, 0.717) is 34.8 Å². The molecule has 0 fully saturated rings. The summed E-state index contributed by atoms with van der Waals surface area (Å²) in [5.41, 5.74) is 0.674. The smallest absolute Gasteiger partial charge is 0.319 e. The minimum Gasteiger partial charge on any atom is -0.497 e. The summed E-state index contributed by atoms with van der Waals surface area (Å²) in [7, 11) is 3.14. The van der Waals surface area contributed by atoms with Gasteiger partial charge in [-0.3, -0.25) is 4.79 Å². The number of ether oxygens (including phenoxy) is 3. The van der Waals surface area contributed by atoms with Gasteiger partial charge < -0.3 is 18.6 Å². The largest absolute Gasteiger partial charge is 0.497 e. The summed E-state index contributed by atoms with van der Waals surface area (Å²) in [6.07, 6.45) is 0. The normalized spacial score (nSPS) is 12.1. The SMILES string of the molecule is CCOC(=O)[C@@H](Sc1nnc(-c2cc(OC)cc(OC)c2)o1)C(C)C. The van der Waals surface area contributed by atoms with Gasteiger partial charge in [0, 0.05) is 11.6 Å². The number of nitrogens with zero attached hydrogens (tertiary/aromatic N) is 2. The van der Waals surface area contributed by atoms with Gasteiger partial charge in [-0.1, -0.05) is 13.8 Å². The van der Waals surface area contributed by atoms with Crippen LogP contribution in [0.2, 0.25) is 0 Å². The molecular formula is C17H22N2O5S. The molecule has 0 aliphatic heterocycles. The van der Waals surface area contributed by atoms with Crippen LogP contribution in [0.25, 0.3) is 11.5 Å². The zero-order valence-corrected chi connectivity index (χ0v) is 15.8. The third kappa shape index (κ3) is 4.88. The number of esters is 1. The molecule has 8 heteroatoms. The molecule has 1 aromatic carbocycles. The zero-order valence-electron chi connectivity index (χ0n) is 14.9. The molecule has 0 saturated carbocycles. The molecular weight excluding hydrogens is 344 g/mol. The Morgan fingerprint density at radius 1 is 1.16 bits per heavy atom. The molecule has 1 heterocycles. The van der Waals surface area contributed by atoms with Crippen molar-refractivity contribution in [1.29, 1.82) is 0 Å². The van der Waals surface area contributed by atoms with E-state index < -0.39 is 5.25 Å². The number of rotatable bonds is 8. The monoisotopic (exact) mass is 366 g/mol. The van der Waals surface area contributed by atoms with Crippen molar-refractivity contribution in [3.05, 3.63) is 18.2 Å². The van der Waals surface area contributed by atoms with Crippen molar-refractivity contribution >= 4 is 17.7 Å². The number of hydrogen-bond acceptors (Lipinski definition) is 8. The molecule has 0 amide bonds. The first-order valence-electron chi connectivity index (χ1n) is 7.88. The Kier molecular flexibility index (Phi) is 6.69. The van der Waals surface area contributed by atoms with Crippen LogP contribution in [0, 0.1) is 5.92 Å². The van der Waals surface area contributed by atoms with Gasteiger partial charge >= 0.3 is 5.97 Å². The van der Waals surface area contributed by atoms with Gasteiger partial charge in [-0.2, -0.15) is 0 Å². The maximum absolute atomic E-state index is 12.1. The van der Waals surface area contributed by atoms with Crippen molar-refractivity contribution in [2.24, 2.45) is 5.92 Å². The first-order chi connectivity index (χ1) is 12.0. The van der Waals surface area contributed by atoms with E-state index >= 15 is 0 Å². The highest BCUT2D eigenvalue weighted by atomic mass is 32.2. The van der Waals surface area contributed by atoms with E-state index in [1.165, 1.54) is 11.8 Å². The standard InChI is InChI=1S/C17H22N2O5S/c1-6-23-16(20)14(10(2)3)25-17-19-18-15(24-17)11-7-12(21-4)9-13(8-11)22-5/h7-10,14H,6H2,1-5H3/t14-/m0/s1. The van der Waals surface area contributed by atoms with Gasteiger partial charge in [0.25, 0.3) is 5.22 Å². The first kappa shape index (κ1) is 19.1. The first-order valence-corrected chi connectivity index (χ1v) is 8.76. The van der Waals surface area contributed by atoms with Crippen LogP contribution in [0.15, 0.2) is 27.8 Å². The predicted molar refractivity (Wildman–Crippen MR) is 94.0 cm³/mol. The molecule has 2 rings (SSSR count). The number of methoxy groups -OCH3 is 2. The van der Waals surface area contributed by atoms with Crippen molar-refractivity contribution in [3.63, 3.8) is 0 Å². The minimum absolute atomic E-state index is 0.0660. The summed E-state index contributed by atoms with van der Waals surface area (Å²) in [6, 6.07) is 5.30. The quantitative estimate of drug-likeness (QED) is 0.519. The third-order valence-electron chi connectivity index (χ3n) is 3.36. The van der Waals surface area contributed by atoms with E-state index in [9.17, 15) is 4.79 Å². The molecule has 0 saturated heterocycles. The van der Waals surface area contributed by atoms with Gasteiger partial charge in [-0.15, -0.1) is 10.2 Å². The van der Waals surface area contributed by atoms with E-state index in [1.807, 2.05) is 13.8 Å². The molecule has 1 atom stereocenters. The number of hydrogen-bond donors (Lipinski definition) is 0. The predicted octanol–water partition coefficient (Wildman–Crippen LogP) is 3.43. The molecule has 2 aromatic rings. The molecule has 7 nitrogen and oxygen atoms in total. The number of thioether (sulfide) groups is 1. The fourth-order valence-electron chi connectivity index (χ4n) is 2.09. The molecule has 1 aromatic heterocycles. The molecule has 0 aliphatic carbocycles. The second-order valence-electron chi connectivity index (χ2n) is 5.51. The van der Waals surface area contributed by atoms with Gasteiger partial charge in [0.2, 0.25) is 5.89 Å². The highest BCUT2D eigenvalue weighted by Crippen LogP contribution is 2.33. The van der Waals surface area contributed by atoms with Crippen LogP contribution in [0.5, 0.6) is 11.5 Å². The van der Waals surface area contributed by atoms with E-state index in [2.05, 4.69) is 10.2 Å². The van der Waals surface area contributed by atoms with Crippen molar-refractivity contribution < 1.29 is 23.4 Å². The van der Waals surface area contributed by atoms with Gasteiger partial charge in [0.15, 0.2) is 0 Å². The Morgan fingerprint density at radius 3 is 2.32 bits per heavy atom. The molecule has 0 spiro atoms. The highest BCUT2D eigenvalue weighted by Gasteiger charge is 2.27. The van der Waals surface area contributed by atoms with E-state index in [0.717, 1.165) is 0 Å². The Hall–Kier alpha value is -2.22. The van der Waals surface area contributed by atoms with Crippen molar-refractivity contribution in [3.8, 4) is 23.0 Å². The number of carbonyl (C=O) groups excluding carboxylic acids is 1. The van der Waals surface area contributed by atoms with Crippen LogP contribution >= 0.6 is 11.8 Å². The Morgan fingerprint density at radius 2 is 1.80 bits per heavy atom. The molecule has 0 radical (unpaired) electrons. The van der Waals surface area contributed by atoms with Crippen LogP contribution in [-0.4, -0.2) is 42.2 Å². The summed E-state index contributed by atoms with van der Waals surface area (Å²) in [5.74, 6) is 1.34. The lowest BCUT2D eigenvalue weighted by atomic mass is 10.1. The average Bonchev–Trinajstić information content (AvgIpc) is 3.07. The van der Waals surface area contributed by atoms with Gasteiger partial charge in [0.05, 0.1) is 20.8 Å². The molecule has 0 bridgehead atoms. The van der Waals surface area contributed by atoms with Gasteiger partial charge in [0.1, 0.15) is 16.7 Å². The lowest BCUT2D eigenvalue weighted by Gasteiger charge is -2.16. The van der Waals surface area contributed by atoms with Crippen molar-refractivity contribution in [2.45, 2.75) is 31.2 Å². The van der Waals surface area contributed by atoms with Crippen molar-refractivity contribution in [2.75, 3.05) is 20.8 Å². The Bertz CT molecular complexity index is 695. The average molecular weight is 366 g/mol. The maximum Gasteiger partial charge on any atom is 0.319 e. The Balaban J connectivity index is 2.23. The number of carbonyl (C=O) groups is 1. The fourth-order valence-corrected chi connectivity index (χ4v) is 2.96. The minimum atomic E-state index is -0.409. The molecule has 0 aliphatic rings. The maximum atomic E-state index is 12.1. The van der Waals surface area contributed by atoms with E-state index in [1.54, 1.807) is 39.3 Å². The number of benzene rings is 1. The summed E-state index contributed by atoms with van der Waals surface area (Å²) >= 11 is 1.20. The topological polar surface area (TPSA) is 83.7 Å². The number of aromatic nitrogens is 2. The highest BCUT2D eigenvalue weighted by molar-refractivity contribution is 8.00. The van der Waals surface area contributed by atoms with Gasteiger partial charge in [-0.05, 0) is 36.7 Å². The lowest BCUT2D eigenvalue weighted by Crippen LogP contribution is -2.25. The lowest BCUT2D eigenvalue weighted by molar-refractivity contribution is -0.143. The molecule has 0 N–H and O–H groups in total. The summed E-state index contributed by atoms with van der Waals surface area (Å²) in [5, 5.41) is 7.98. The third-order valence-corrected chi connectivity index (χ3v) is 4.71. The van der Waals surface area contributed by atoms with Gasteiger partial charge in [-0.25, -0.2) is 0 Å².